The molecule has 2 nitrogen and oxygen atoms in total. The van der Waals surface area contributed by atoms with E-state index in [-0.39, 0.29) is 5.60 Å². The minimum atomic E-state index is 0.176. The van der Waals surface area contributed by atoms with Crippen LogP contribution < -0.4 is 5.32 Å². The van der Waals surface area contributed by atoms with E-state index in [1.165, 1.54) is 32.1 Å². The molecule has 0 aromatic carbocycles. The van der Waals surface area contributed by atoms with Crippen molar-refractivity contribution in [3.8, 4) is 0 Å². The normalized spacial score (nSPS) is 21.5. The van der Waals surface area contributed by atoms with E-state index in [1.54, 1.807) is 0 Å². The van der Waals surface area contributed by atoms with Crippen LogP contribution in [-0.4, -0.2) is 25.8 Å². The minimum Gasteiger partial charge on any atom is -0.377 e. The van der Waals surface area contributed by atoms with E-state index in [0.717, 1.165) is 13.1 Å². The molecule has 1 aliphatic rings. The zero-order chi connectivity index (χ0) is 8.86. The average Bonchev–Trinajstić information content (AvgIpc) is 2.55. The van der Waals surface area contributed by atoms with Crippen molar-refractivity contribution in [3.05, 3.63) is 0 Å². The van der Waals surface area contributed by atoms with Gasteiger partial charge in [-0.05, 0) is 25.8 Å². The molecule has 1 saturated carbocycles. The second-order valence-electron chi connectivity index (χ2n) is 3.77. The van der Waals surface area contributed by atoms with Crippen LogP contribution in [0.5, 0.6) is 0 Å². The predicted octanol–water partition coefficient (Wildman–Crippen LogP) is 1.95. The van der Waals surface area contributed by atoms with Gasteiger partial charge in [-0.2, -0.15) is 0 Å². The first-order valence-corrected chi connectivity index (χ1v) is 5.09. The number of hydrogen-bond donors (Lipinski definition) is 1. The quantitative estimate of drug-likeness (QED) is 0.638. The van der Waals surface area contributed by atoms with Crippen LogP contribution in [0.15, 0.2) is 0 Å². The van der Waals surface area contributed by atoms with Gasteiger partial charge in [0.05, 0.1) is 5.60 Å². The summed E-state index contributed by atoms with van der Waals surface area (Å²) in [5, 5.41) is 3.44. The van der Waals surface area contributed by atoms with E-state index >= 15 is 0 Å². The Hall–Kier alpha value is -0.0800. The van der Waals surface area contributed by atoms with E-state index in [2.05, 4.69) is 12.2 Å². The fourth-order valence-electron chi connectivity index (χ4n) is 1.97. The molecule has 0 aromatic heterocycles. The Morgan fingerprint density at radius 2 is 2.00 bits per heavy atom. The van der Waals surface area contributed by atoms with Crippen LogP contribution in [-0.2, 0) is 4.74 Å². The smallest absolute Gasteiger partial charge is 0.0802 e. The molecule has 0 saturated heterocycles. The van der Waals surface area contributed by atoms with Crippen LogP contribution >= 0.6 is 0 Å². The summed E-state index contributed by atoms with van der Waals surface area (Å²) >= 11 is 0. The van der Waals surface area contributed by atoms with Crippen molar-refractivity contribution in [3.63, 3.8) is 0 Å². The summed E-state index contributed by atoms with van der Waals surface area (Å²) in [5.41, 5.74) is 0.176. The van der Waals surface area contributed by atoms with Gasteiger partial charge in [-0.1, -0.05) is 19.8 Å². The number of nitrogens with one attached hydrogen (secondary N) is 1. The van der Waals surface area contributed by atoms with Crippen LogP contribution in [0.2, 0.25) is 0 Å². The van der Waals surface area contributed by atoms with Crippen molar-refractivity contribution in [2.45, 2.75) is 44.6 Å². The van der Waals surface area contributed by atoms with E-state index in [4.69, 9.17) is 4.74 Å². The van der Waals surface area contributed by atoms with Crippen LogP contribution in [0, 0.1) is 0 Å². The van der Waals surface area contributed by atoms with Gasteiger partial charge in [0, 0.05) is 13.7 Å². The summed E-state index contributed by atoms with van der Waals surface area (Å²) in [5.74, 6) is 0. The highest BCUT2D eigenvalue weighted by Gasteiger charge is 2.32. The van der Waals surface area contributed by atoms with Gasteiger partial charge in [-0.3, -0.25) is 0 Å². The molecule has 12 heavy (non-hydrogen) atoms. The molecule has 0 aromatic rings. The molecule has 0 bridgehead atoms. The fraction of sp³-hybridized carbons (Fsp3) is 1.00. The molecule has 2 heteroatoms. The summed E-state index contributed by atoms with van der Waals surface area (Å²) in [6.07, 6.45) is 6.35. The first kappa shape index (κ1) is 10.0. The summed E-state index contributed by atoms with van der Waals surface area (Å²) in [6, 6.07) is 0. The predicted molar refractivity (Wildman–Crippen MR) is 51.4 cm³/mol. The average molecular weight is 171 g/mol. The SMILES string of the molecule is CCCNCC1(OC)CCCC1. The Morgan fingerprint density at radius 3 is 2.50 bits per heavy atom. The lowest BCUT2D eigenvalue weighted by molar-refractivity contribution is -0.00302. The zero-order valence-electron chi connectivity index (χ0n) is 8.36. The van der Waals surface area contributed by atoms with Crippen molar-refractivity contribution in [2.24, 2.45) is 0 Å². The Bertz CT molecular complexity index is 119. The molecule has 0 unspecified atom stereocenters. The van der Waals surface area contributed by atoms with Crippen molar-refractivity contribution in [1.29, 1.82) is 0 Å². The topological polar surface area (TPSA) is 21.3 Å². The Morgan fingerprint density at radius 1 is 1.33 bits per heavy atom. The lowest BCUT2D eigenvalue weighted by atomic mass is 10.0. The molecule has 72 valence electrons. The molecule has 0 atom stereocenters. The first-order valence-electron chi connectivity index (χ1n) is 5.09. The van der Waals surface area contributed by atoms with Crippen LogP contribution in [0.3, 0.4) is 0 Å². The summed E-state index contributed by atoms with van der Waals surface area (Å²) in [4.78, 5) is 0. The van der Waals surface area contributed by atoms with E-state index in [1.807, 2.05) is 7.11 Å². The third-order valence-corrected chi connectivity index (χ3v) is 2.82. The molecule has 0 aliphatic heterocycles. The van der Waals surface area contributed by atoms with Crippen LogP contribution in [0.1, 0.15) is 39.0 Å². The van der Waals surface area contributed by atoms with Crippen molar-refractivity contribution < 1.29 is 4.74 Å². The highest BCUT2D eigenvalue weighted by molar-refractivity contribution is 4.87. The van der Waals surface area contributed by atoms with Crippen LogP contribution in [0.4, 0.5) is 0 Å². The van der Waals surface area contributed by atoms with Crippen LogP contribution in [0.25, 0.3) is 0 Å². The molecular weight excluding hydrogens is 150 g/mol. The van der Waals surface area contributed by atoms with E-state index in [0.29, 0.717) is 0 Å². The second-order valence-corrected chi connectivity index (χ2v) is 3.77. The van der Waals surface area contributed by atoms with E-state index < -0.39 is 0 Å². The largest absolute Gasteiger partial charge is 0.377 e. The highest BCUT2D eigenvalue weighted by atomic mass is 16.5. The molecular formula is C10H21NO. The Balaban J connectivity index is 2.24. The molecule has 1 aliphatic carbocycles. The maximum atomic E-state index is 5.58. The third-order valence-electron chi connectivity index (χ3n) is 2.82. The van der Waals surface area contributed by atoms with Gasteiger partial charge in [-0.15, -0.1) is 0 Å². The first-order chi connectivity index (χ1) is 5.83. The molecule has 0 amide bonds. The molecule has 1 fully saturated rings. The third kappa shape index (κ3) is 2.46. The fourth-order valence-corrected chi connectivity index (χ4v) is 1.97. The lowest BCUT2D eigenvalue weighted by Crippen LogP contribution is -2.40. The Kier molecular flexibility index (Phi) is 4.02. The summed E-state index contributed by atoms with van der Waals surface area (Å²) in [6.45, 7) is 4.35. The van der Waals surface area contributed by atoms with Gasteiger partial charge in [0.25, 0.3) is 0 Å². The van der Waals surface area contributed by atoms with Gasteiger partial charge in [0.1, 0.15) is 0 Å². The van der Waals surface area contributed by atoms with E-state index in [9.17, 15) is 0 Å². The molecule has 0 heterocycles. The monoisotopic (exact) mass is 171 g/mol. The maximum Gasteiger partial charge on any atom is 0.0802 e. The molecule has 1 rings (SSSR count). The number of rotatable bonds is 5. The molecule has 0 radical (unpaired) electrons. The maximum absolute atomic E-state index is 5.58. The molecule has 0 spiro atoms. The standard InChI is InChI=1S/C10H21NO/c1-3-8-11-9-10(12-2)6-4-5-7-10/h11H,3-9H2,1-2H3. The number of methoxy groups -OCH3 is 1. The summed E-state index contributed by atoms with van der Waals surface area (Å²) < 4.78 is 5.58. The van der Waals surface area contributed by atoms with Gasteiger partial charge in [0.15, 0.2) is 0 Å². The van der Waals surface area contributed by atoms with Crippen molar-refractivity contribution in [1.82, 2.24) is 5.32 Å². The number of hydrogen-bond acceptors (Lipinski definition) is 2. The number of ether oxygens (including phenoxy) is 1. The van der Waals surface area contributed by atoms with Gasteiger partial charge in [-0.25, -0.2) is 0 Å². The van der Waals surface area contributed by atoms with Gasteiger partial charge < -0.3 is 10.1 Å². The van der Waals surface area contributed by atoms with Gasteiger partial charge >= 0.3 is 0 Å². The van der Waals surface area contributed by atoms with Crippen molar-refractivity contribution in [2.75, 3.05) is 20.2 Å². The van der Waals surface area contributed by atoms with Crippen molar-refractivity contribution >= 4 is 0 Å². The highest BCUT2D eigenvalue weighted by Crippen LogP contribution is 2.31. The second kappa shape index (κ2) is 4.83. The Labute approximate surface area is 75.7 Å². The molecule has 1 N–H and O–H groups in total. The zero-order valence-corrected chi connectivity index (χ0v) is 8.36. The summed E-state index contributed by atoms with van der Waals surface area (Å²) in [7, 11) is 1.85. The van der Waals surface area contributed by atoms with Gasteiger partial charge in [0.2, 0.25) is 0 Å². The lowest BCUT2D eigenvalue weighted by Gasteiger charge is -2.27. The minimum absolute atomic E-state index is 0.176.